The van der Waals surface area contributed by atoms with Crippen LogP contribution in [0.2, 0.25) is 0 Å². The number of rotatable bonds is 8. The van der Waals surface area contributed by atoms with Crippen LogP contribution in [0, 0.1) is 0 Å². The van der Waals surface area contributed by atoms with Gasteiger partial charge in [-0.25, -0.2) is 0 Å². The maximum Gasteiger partial charge on any atom is 0.165 e. The highest BCUT2D eigenvalue weighted by Gasteiger charge is 2.24. The summed E-state index contributed by atoms with van der Waals surface area (Å²) in [6, 6.07) is 9.58. The highest BCUT2D eigenvalue weighted by atomic mass is 16.5. The molecule has 21 heavy (non-hydrogen) atoms. The molecule has 2 heteroatoms. The molecule has 2 atom stereocenters. The SMILES string of the molecule is CCCCCC[C@H]1CCC[C@@H](CC(=O)c2ccccc2)O1. The molecular weight excluding hydrogens is 260 g/mol. The fourth-order valence-electron chi connectivity index (χ4n) is 3.09. The van der Waals surface area contributed by atoms with Gasteiger partial charge in [-0.05, 0) is 25.7 Å². The van der Waals surface area contributed by atoms with Gasteiger partial charge in [0.05, 0.1) is 12.2 Å². The monoisotopic (exact) mass is 288 g/mol. The lowest BCUT2D eigenvalue weighted by Crippen LogP contribution is -2.29. The Bertz CT molecular complexity index is 413. The second-order valence-electron chi connectivity index (χ2n) is 6.15. The second kappa shape index (κ2) is 8.99. The number of benzene rings is 1. The van der Waals surface area contributed by atoms with Gasteiger partial charge < -0.3 is 4.74 Å². The van der Waals surface area contributed by atoms with Crippen LogP contribution in [0.3, 0.4) is 0 Å². The second-order valence-corrected chi connectivity index (χ2v) is 6.15. The molecule has 1 heterocycles. The van der Waals surface area contributed by atoms with E-state index in [0.29, 0.717) is 12.5 Å². The zero-order valence-electron chi connectivity index (χ0n) is 13.2. The highest BCUT2D eigenvalue weighted by molar-refractivity contribution is 5.96. The van der Waals surface area contributed by atoms with E-state index in [4.69, 9.17) is 4.74 Å². The van der Waals surface area contributed by atoms with Crippen molar-refractivity contribution in [3.8, 4) is 0 Å². The van der Waals surface area contributed by atoms with Crippen LogP contribution in [0.5, 0.6) is 0 Å². The van der Waals surface area contributed by atoms with E-state index in [0.717, 1.165) is 18.4 Å². The number of carbonyl (C=O) groups is 1. The number of carbonyl (C=O) groups excluding carboxylic acids is 1. The van der Waals surface area contributed by atoms with E-state index >= 15 is 0 Å². The Labute approximate surface area is 128 Å². The van der Waals surface area contributed by atoms with Crippen LogP contribution in [0.1, 0.15) is 75.1 Å². The zero-order valence-corrected chi connectivity index (χ0v) is 13.2. The summed E-state index contributed by atoms with van der Waals surface area (Å²) in [4.78, 5) is 12.2. The van der Waals surface area contributed by atoms with Crippen molar-refractivity contribution < 1.29 is 9.53 Å². The lowest BCUT2D eigenvalue weighted by Gasteiger charge is -2.30. The predicted molar refractivity (Wildman–Crippen MR) is 86.7 cm³/mol. The molecule has 2 nitrogen and oxygen atoms in total. The molecule has 2 rings (SSSR count). The molecule has 0 aliphatic carbocycles. The summed E-state index contributed by atoms with van der Waals surface area (Å²) in [5.41, 5.74) is 0.811. The maximum atomic E-state index is 12.2. The first-order valence-electron chi connectivity index (χ1n) is 8.53. The first kappa shape index (κ1) is 16.2. The fraction of sp³-hybridized carbons (Fsp3) is 0.632. The largest absolute Gasteiger partial charge is 0.375 e. The molecule has 0 amide bonds. The summed E-state index contributed by atoms with van der Waals surface area (Å²) in [5.74, 6) is 0.215. The Balaban J connectivity index is 1.74. The summed E-state index contributed by atoms with van der Waals surface area (Å²) in [5, 5.41) is 0. The van der Waals surface area contributed by atoms with Gasteiger partial charge in [-0.1, -0.05) is 62.9 Å². The topological polar surface area (TPSA) is 26.3 Å². The Morgan fingerprint density at radius 1 is 1.10 bits per heavy atom. The van der Waals surface area contributed by atoms with Crippen LogP contribution in [-0.2, 0) is 4.74 Å². The minimum Gasteiger partial charge on any atom is -0.375 e. The van der Waals surface area contributed by atoms with Gasteiger partial charge in [0.1, 0.15) is 0 Å². The Morgan fingerprint density at radius 2 is 1.86 bits per heavy atom. The molecule has 0 bridgehead atoms. The molecule has 116 valence electrons. The Kier molecular flexibility index (Phi) is 6.94. The molecule has 1 aliphatic rings. The van der Waals surface area contributed by atoms with Crippen molar-refractivity contribution >= 4 is 5.78 Å². The summed E-state index contributed by atoms with van der Waals surface area (Å²) in [6.45, 7) is 2.24. The van der Waals surface area contributed by atoms with Gasteiger partial charge in [0, 0.05) is 12.0 Å². The smallest absolute Gasteiger partial charge is 0.165 e. The number of ketones is 1. The molecule has 1 aliphatic heterocycles. The number of unbranched alkanes of at least 4 members (excludes halogenated alkanes) is 3. The van der Waals surface area contributed by atoms with E-state index in [9.17, 15) is 4.79 Å². The van der Waals surface area contributed by atoms with Gasteiger partial charge in [-0.15, -0.1) is 0 Å². The number of hydrogen-bond donors (Lipinski definition) is 0. The zero-order chi connectivity index (χ0) is 14.9. The molecule has 0 aromatic heterocycles. The van der Waals surface area contributed by atoms with Gasteiger partial charge in [0.15, 0.2) is 5.78 Å². The summed E-state index contributed by atoms with van der Waals surface area (Å²) < 4.78 is 6.14. The molecule has 0 unspecified atom stereocenters. The molecule has 0 N–H and O–H groups in total. The van der Waals surface area contributed by atoms with Crippen LogP contribution in [0.15, 0.2) is 30.3 Å². The first-order chi connectivity index (χ1) is 10.3. The van der Waals surface area contributed by atoms with E-state index in [1.54, 1.807) is 0 Å². The molecule has 1 saturated heterocycles. The van der Waals surface area contributed by atoms with E-state index in [1.165, 1.54) is 38.5 Å². The van der Waals surface area contributed by atoms with Gasteiger partial charge in [0.2, 0.25) is 0 Å². The lowest BCUT2D eigenvalue weighted by atomic mass is 9.95. The van der Waals surface area contributed by atoms with E-state index in [1.807, 2.05) is 30.3 Å². The quantitative estimate of drug-likeness (QED) is 0.487. The molecule has 1 aromatic carbocycles. The highest BCUT2D eigenvalue weighted by Crippen LogP contribution is 2.25. The minimum atomic E-state index is 0.127. The fourth-order valence-corrected chi connectivity index (χ4v) is 3.09. The number of hydrogen-bond acceptors (Lipinski definition) is 2. The Morgan fingerprint density at radius 3 is 2.62 bits per heavy atom. The van der Waals surface area contributed by atoms with Crippen LogP contribution in [0.4, 0.5) is 0 Å². The average Bonchev–Trinajstić information content (AvgIpc) is 2.53. The molecule has 0 radical (unpaired) electrons. The predicted octanol–water partition coefficient (Wildman–Crippen LogP) is 5.17. The van der Waals surface area contributed by atoms with Crippen molar-refractivity contribution in [1.29, 1.82) is 0 Å². The van der Waals surface area contributed by atoms with Crippen molar-refractivity contribution in [2.24, 2.45) is 0 Å². The molecule has 1 aromatic rings. The van der Waals surface area contributed by atoms with Crippen LogP contribution in [0.25, 0.3) is 0 Å². The lowest BCUT2D eigenvalue weighted by molar-refractivity contribution is -0.0531. The third-order valence-corrected chi connectivity index (χ3v) is 4.33. The maximum absolute atomic E-state index is 12.2. The number of ether oxygens (including phenoxy) is 1. The van der Waals surface area contributed by atoms with Gasteiger partial charge in [-0.3, -0.25) is 4.79 Å². The van der Waals surface area contributed by atoms with Gasteiger partial charge in [0.25, 0.3) is 0 Å². The van der Waals surface area contributed by atoms with Gasteiger partial charge >= 0.3 is 0 Å². The molecule has 0 spiro atoms. The third kappa shape index (κ3) is 5.62. The van der Waals surface area contributed by atoms with Crippen molar-refractivity contribution in [1.82, 2.24) is 0 Å². The number of Topliss-reactive ketones (excluding diaryl/α,β-unsaturated/α-hetero) is 1. The molecule has 1 fully saturated rings. The Hall–Kier alpha value is -1.15. The van der Waals surface area contributed by atoms with E-state index in [2.05, 4.69) is 6.92 Å². The van der Waals surface area contributed by atoms with Crippen molar-refractivity contribution in [2.45, 2.75) is 76.9 Å². The summed E-state index contributed by atoms with van der Waals surface area (Å²) in [6.07, 6.45) is 10.8. The van der Waals surface area contributed by atoms with Crippen molar-refractivity contribution in [3.63, 3.8) is 0 Å². The summed E-state index contributed by atoms with van der Waals surface area (Å²) in [7, 11) is 0. The molecule has 0 saturated carbocycles. The van der Waals surface area contributed by atoms with E-state index in [-0.39, 0.29) is 11.9 Å². The molecular formula is C19H28O2. The van der Waals surface area contributed by atoms with Crippen LogP contribution < -0.4 is 0 Å². The standard InChI is InChI=1S/C19H28O2/c1-2-3-4-8-12-17-13-9-14-18(21-17)15-19(20)16-10-6-5-7-11-16/h5-7,10-11,17-18H,2-4,8-9,12-15H2,1H3/t17-,18-/m0/s1. The average molecular weight is 288 g/mol. The van der Waals surface area contributed by atoms with Crippen molar-refractivity contribution in [2.75, 3.05) is 0 Å². The first-order valence-corrected chi connectivity index (χ1v) is 8.53. The minimum absolute atomic E-state index is 0.127. The van der Waals surface area contributed by atoms with Crippen molar-refractivity contribution in [3.05, 3.63) is 35.9 Å². The third-order valence-electron chi connectivity index (χ3n) is 4.33. The normalized spacial score (nSPS) is 22.1. The van der Waals surface area contributed by atoms with E-state index < -0.39 is 0 Å². The van der Waals surface area contributed by atoms with Crippen LogP contribution in [-0.4, -0.2) is 18.0 Å². The van der Waals surface area contributed by atoms with Gasteiger partial charge in [-0.2, -0.15) is 0 Å². The van der Waals surface area contributed by atoms with Crippen LogP contribution >= 0.6 is 0 Å². The summed E-state index contributed by atoms with van der Waals surface area (Å²) >= 11 is 0.